The van der Waals surface area contributed by atoms with Gasteiger partial charge in [-0.15, -0.1) is 11.3 Å². The molecule has 0 aliphatic carbocycles. The number of benzene rings is 2. The summed E-state index contributed by atoms with van der Waals surface area (Å²) >= 11 is 1.46. The Balaban J connectivity index is 1.89. The summed E-state index contributed by atoms with van der Waals surface area (Å²) in [6, 6.07) is 19.4. The van der Waals surface area contributed by atoms with Gasteiger partial charge in [0.2, 0.25) is 5.78 Å². The summed E-state index contributed by atoms with van der Waals surface area (Å²) in [7, 11) is 0. The zero-order valence-electron chi connectivity index (χ0n) is 11.7. The van der Waals surface area contributed by atoms with Gasteiger partial charge < -0.3 is 5.32 Å². The molecule has 3 aromatic rings. The van der Waals surface area contributed by atoms with Crippen LogP contribution in [-0.4, -0.2) is 5.78 Å². The van der Waals surface area contributed by atoms with E-state index in [1.807, 2.05) is 53.9 Å². The molecule has 1 N–H and O–H groups in total. The lowest BCUT2D eigenvalue weighted by Gasteiger charge is -2.08. The quantitative estimate of drug-likeness (QED) is 0.683. The number of carbonyl (C=O) groups excluding carboxylic acids is 1. The molecular weight excluding hydrogens is 278 g/mol. The number of aryl methyl sites for hydroxylation is 1. The monoisotopic (exact) mass is 293 g/mol. The van der Waals surface area contributed by atoms with Gasteiger partial charge in [0.15, 0.2) is 0 Å². The maximum atomic E-state index is 12.6. The molecule has 104 valence electrons. The maximum absolute atomic E-state index is 12.6. The molecule has 2 aromatic carbocycles. The van der Waals surface area contributed by atoms with Crippen LogP contribution in [0.4, 0.5) is 11.4 Å². The van der Waals surface area contributed by atoms with Gasteiger partial charge in [-0.25, -0.2) is 0 Å². The van der Waals surface area contributed by atoms with Gasteiger partial charge >= 0.3 is 0 Å². The Hall–Kier alpha value is -2.39. The van der Waals surface area contributed by atoms with Crippen molar-refractivity contribution in [2.75, 3.05) is 5.32 Å². The highest BCUT2D eigenvalue weighted by Crippen LogP contribution is 2.28. The lowest BCUT2D eigenvalue weighted by atomic mass is 10.1. The van der Waals surface area contributed by atoms with Crippen LogP contribution < -0.4 is 5.32 Å². The first-order chi connectivity index (χ1) is 10.2. The summed E-state index contributed by atoms with van der Waals surface area (Å²) in [5, 5.41) is 5.27. The van der Waals surface area contributed by atoms with Crippen LogP contribution in [0.2, 0.25) is 0 Å². The highest BCUT2D eigenvalue weighted by Gasteiger charge is 2.15. The highest BCUT2D eigenvalue weighted by atomic mass is 32.1. The third kappa shape index (κ3) is 3.03. The van der Waals surface area contributed by atoms with Crippen LogP contribution in [0.5, 0.6) is 0 Å². The van der Waals surface area contributed by atoms with Crippen molar-refractivity contribution in [3.05, 3.63) is 82.0 Å². The Bertz CT molecular complexity index is 762. The predicted octanol–water partition coefficient (Wildman–Crippen LogP) is 5.03. The van der Waals surface area contributed by atoms with E-state index >= 15 is 0 Å². The van der Waals surface area contributed by atoms with E-state index in [-0.39, 0.29) is 5.78 Å². The van der Waals surface area contributed by atoms with Gasteiger partial charge in [-0.05, 0) is 36.1 Å². The van der Waals surface area contributed by atoms with E-state index in [2.05, 4.69) is 24.4 Å². The number of rotatable bonds is 4. The molecule has 3 rings (SSSR count). The third-order valence-corrected chi connectivity index (χ3v) is 4.12. The van der Waals surface area contributed by atoms with Gasteiger partial charge in [0, 0.05) is 11.3 Å². The predicted molar refractivity (Wildman–Crippen MR) is 88.7 cm³/mol. The molecule has 3 heteroatoms. The fraction of sp³-hybridized carbons (Fsp3) is 0.0556. The number of hydrogen-bond acceptors (Lipinski definition) is 3. The summed E-state index contributed by atoms with van der Waals surface area (Å²) in [6.07, 6.45) is 0. The van der Waals surface area contributed by atoms with Gasteiger partial charge in [0.1, 0.15) is 0 Å². The third-order valence-electron chi connectivity index (χ3n) is 3.20. The number of carbonyl (C=O) groups is 1. The lowest BCUT2D eigenvalue weighted by molar-refractivity contribution is 0.104. The second-order valence-electron chi connectivity index (χ2n) is 4.85. The minimum Gasteiger partial charge on any atom is -0.354 e. The van der Waals surface area contributed by atoms with Crippen molar-refractivity contribution in [1.82, 2.24) is 0 Å². The Labute approximate surface area is 128 Å². The van der Waals surface area contributed by atoms with Crippen LogP contribution in [0.25, 0.3) is 0 Å². The molecular formula is C18H15NOS. The van der Waals surface area contributed by atoms with E-state index in [1.54, 1.807) is 0 Å². The fourth-order valence-electron chi connectivity index (χ4n) is 2.18. The lowest BCUT2D eigenvalue weighted by Crippen LogP contribution is -2.02. The van der Waals surface area contributed by atoms with Crippen molar-refractivity contribution < 1.29 is 4.79 Å². The number of ketones is 1. The maximum Gasteiger partial charge on any atom is 0.205 e. The fourth-order valence-corrected chi connectivity index (χ4v) is 2.99. The topological polar surface area (TPSA) is 29.1 Å². The Morgan fingerprint density at radius 1 is 1.00 bits per heavy atom. The van der Waals surface area contributed by atoms with Crippen LogP contribution in [-0.2, 0) is 0 Å². The molecule has 21 heavy (non-hydrogen) atoms. The first-order valence-electron chi connectivity index (χ1n) is 6.75. The van der Waals surface area contributed by atoms with E-state index in [9.17, 15) is 4.79 Å². The van der Waals surface area contributed by atoms with Crippen molar-refractivity contribution in [3.8, 4) is 0 Å². The van der Waals surface area contributed by atoms with Gasteiger partial charge in [0.05, 0.1) is 10.6 Å². The normalized spacial score (nSPS) is 10.3. The van der Waals surface area contributed by atoms with Gasteiger partial charge in [-0.2, -0.15) is 0 Å². The standard InChI is InChI=1S/C18H15NOS/c1-13-6-5-9-15(12-13)19-16-10-11-21-18(16)17(20)14-7-3-2-4-8-14/h2-12,19H,1H3. The van der Waals surface area contributed by atoms with Crippen LogP contribution in [0.15, 0.2) is 66.0 Å². The molecule has 2 nitrogen and oxygen atoms in total. The van der Waals surface area contributed by atoms with Crippen molar-refractivity contribution in [3.63, 3.8) is 0 Å². The van der Waals surface area contributed by atoms with Crippen molar-refractivity contribution in [2.24, 2.45) is 0 Å². The summed E-state index contributed by atoms with van der Waals surface area (Å²) in [5.41, 5.74) is 3.76. The average molecular weight is 293 g/mol. The Morgan fingerprint density at radius 2 is 1.81 bits per heavy atom. The van der Waals surface area contributed by atoms with E-state index < -0.39 is 0 Å². The summed E-state index contributed by atoms with van der Waals surface area (Å²) in [4.78, 5) is 13.3. The number of anilines is 2. The van der Waals surface area contributed by atoms with Gasteiger partial charge in [0.25, 0.3) is 0 Å². The molecule has 0 bridgehead atoms. The Morgan fingerprint density at radius 3 is 2.57 bits per heavy atom. The average Bonchev–Trinajstić information content (AvgIpc) is 2.95. The number of hydrogen-bond donors (Lipinski definition) is 1. The second kappa shape index (κ2) is 5.94. The molecule has 0 aliphatic heterocycles. The SMILES string of the molecule is Cc1cccc(Nc2ccsc2C(=O)c2ccccc2)c1. The molecule has 1 aromatic heterocycles. The molecule has 0 spiro atoms. The molecule has 0 radical (unpaired) electrons. The first-order valence-corrected chi connectivity index (χ1v) is 7.63. The summed E-state index contributed by atoms with van der Waals surface area (Å²) in [5.74, 6) is 0.0563. The van der Waals surface area contributed by atoms with E-state index in [1.165, 1.54) is 16.9 Å². The number of nitrogens with one attached hydrogen (secondary N) is 1. The first kappa shape index (κ1) is 13.6. The van der Waals surface area contributed by atoms with Gasteiger partial charge in [-0.3, -0.25) is 4.79 Å². The minimum absolute atomic E-state index is 0.0563. The largest absolute Gasteiger partial charge is 0.354 e. The summed E-state index contributed by atoms with van der Waals surface area (Å²) < 4.78 is 0. The molecule has 0 unspecified atom stereocenters. The molecule has 0 fully saturated rings. The highest BCUT2D eigenvalue weighted by molar-refractivity contribution is 7.13. The van der Waals surface area contributed by atoms with Crippen LogP contribution in [0.3, 0.4) is 0 Å². The van der Waals surface area contributed by atoms with Crippen LogP contribution >= 0.6 is 11.3 Å². The number of thiophene rings is 1. The molecule has 0 saturated heterocycles. The summed E-state index contributed by atoms with van der Waals surface area (Å²) in [6.45, 7) is 2.05. The van der Waals surface area contributed by atoms with E-state index in [0.717, 1.165) is 16.3 Å². The van der Waals surface area contributed by atoms with Crippen LogP contribution in [0.1, 0.15) is 20.8 Å². The van der Waals surface area contributed by atoms with Gasteiger partial charge in [-0.1, -0.05) is 42.5 Å². The second-order valence-corrected chi connectivity index (χ2v) is 5.77. The zero-order valence-corrected chi connectivity index (χ0v) is 12.5. The van der Waals surface area contributed by atoms with Crippen molar-refractivity contribution in [1.29, 1.82) is 0 Å². The molecule has 0 aliphatic rings. The smallest absolute Gasteiger partial charge is 0.205 e. The van der Waals surface area contributed by atoms with Crippen molar-refractivity contribution in [2.45, 2.75) is 6.92 Å². The molecule has 0 amide bonds. The van der Waals surface area contributed by atoms with E-state index in [4.69, 9.17) is 0 Å². The Kier molecular flexibility index (Phi) is 3.84. The minimum atomic E-state index is 0.0563. The van der Waals surface area contributed by atoms with Crippen LogP contribution in [0, 0.1) is 6.92 Å². The molecule has 1 heterocycles. The molecule has 0 saturated carbocycles. The molecule has 0 atom stereocenters. The van der Waals surface area contributed by atoms with Crippen molar-refractivity contribution >= 4 is 28.5 Å². The zero-order chi connectivity index (χ0) is 14.7. The van der Waals surface area contributed by atoms with E-state index in [0.29, 0.717) is 5.56 Å².